The summed E-state index contributed by atoms with van der Waals surface area (Å²) in [6.07, 6.45) is -0.101. The van der Waals surface area contributed by atoms with Gasteiger partial charge in [0.2, 0.25) is 0 Å². The number of nitrogens with zero attached hydrogens (tertiary/aromatic N) is 1. The third kappa shape index (κ3) is 1.64. The molecule has 0 fully saturated rings. The highest BCUT2D eigenvalue weighted by Crippen LogP contribution is 2.29. The fourth-order valence-electron chi connectivity index (χ4n) is 1.58. The number of rotatable bonds is 1. The second kappa shape index (κ2) is 3.62. The van der Waals surface area contributed by atoms with Gasteiger partial charge >= 0.3 is 5.97 Å². The van der Waals surface area contributed by atoms with Crippen molar-refractivity contribution in [1.29, 1.82) is 5.26 Å². The lowest BCUT2D eigenvalue weighted by molar-refractivity contribution is -0.147. The summed E-state index contributed by atoms with van der Waals surface area (Å²) in [6.45, 7) is 0. The molecule has 0 spiro atoms. The molecule has 2 rings (SSSR count). The maximum atomic E-state index is 11.2. The van der Waals surface area contributed by atoms with Crippen LogP contribution in [0.25, 0.3) is 0 Å². The molecule has 0 unspecified atom stereocenters. The quantitative estimate of drug-likeness (QED) is 0.640. The van der Waals surface area contributed by atoms with Crippen molar-refractivity contribution in [3.05, 3.63) is 29.3 Å². The maximum Gasteiger partial charge on any atom is 0.347 e. The van der Waals surface area contributed by atoms with Crippen molar-refractivity contribution >= 4 is 5.97 Å². The Morgan fingerprint density at radius 3 is 3.13 bits per heavy atom. The van der Waals surface area contributed by atoms with E-state index in [-0.39, 0.29) is 5.97 Å². The van der Waals surface area contributed by atoms with E-state index in [4.69, 9.17) is 10.00 Å². The molecule has 1 aliphatic heterocycles. The fourth-order valence-corrected chi connectivity index (χ4v) is 1.58. The molecule has 1 heterocycles. The number of esters is 1. The van der Waals surface area contributed by atoms with Crippen molar-refractivity contribution in [3.63, 3.8) is 0 Å². The number of benzene rings is 1. The molecule has 0 aromatic heterocycles. The Morgan fingerprint density at radius 1 is 1.67 bits per heavy atom. The smallest absolute Gasteiger partial charge is 0.347 e. The molecule has 4 heteroatoms. The third-order valence-electron chi connectivity index (χ3n) is 2.33. The summed E-state index contributed by atoms with van der Waals surface area (Å²) in [6, 6.07) is 7.15. The zero-order chi connectivity index (χ0) is 10.8. The van der Waals surface area contributed by atoms with Crippen LogP contribution in [0.5, 0.6) is 5.75 Å². The standard InChI is InChI=1S/C11H9NO3/c1-14-11(13)10-5-8-4-7(6-12)2-3-9(8)15-10/h2-4,10H,5H2,1H3/t10-/m0/s1. The fraction of sp³-hybridized carbons (Fsp3) is 0.273. The summed E-state index contributed by atoms with van der Waals surface area (Å²) >= 11 is 0. The first kappa shape index (κ1) is 9.53. The number of carbonyl (C=O) groups is 1. The van der Waals surface area contributed by atoms with Crippen molar-refractivity contribution in [1.82, 2.24) is 0 Å². The summed E-state index contributed by atoms with van der Waals surface area (Å²) in [5.41, 5.74) is 1.45. The minimum absolute atomic E-state index is 0.385. The summed E-state index contributed by atoms with van der Waals surface area (Å²) in [4.78, 5) is 11.2. The van der Waals surface area contributed by atoms with E-state index in [1.54, 1.807) is 18.2 Å². The van der Waals surface area contributed by atoms with Crippen LogP contribution in [0.1, 0.15) is 11.1 Å². The molecule has 0 saturated heterocycles. The van der Waals surface area contributed by atoms with Crippen molar-refractivity contribution in [2.24, 2.45) is 0 Å². The predicted octanol–water partition coefficient (Wildman–Crippen LogP) is 1.03. The number of nitriles is 1. The van der Waals surface area contributed by atoms with Gasteiger partial charge in [-0.25, -0.2) is 4.79 Å². The van der Waals surface area contributed by atoms with E-state index in [1.807, 2.05) is 6.07 Å². The van der Waals surface area contributed by atoms with Gasteiger partial charge in [0.05, 0.1) is 18.7 Å². The first-order chi connectivity index (χ1) is 7.24. The van der Waals surface area contributed by atoms with E-state index in [2.05, 4.69) is 4.74 Å². The van der Waals surface area contributed by atoms with Gasteiger partial charge in [-0.3, -0.25) is 0 Å². The van der Waals surface area contributed by atoms with E-state index in [1.165, 1.54) is 7.11 Å². The van der Waals surface area contributed by atoms with Crippen LogP contribution in [-0.2, 0) is 16.0 Å². The van der Waals surface area contributed by atoms with E-state index in [0.29, 0.717) is 17.7 Å². The Hall–Kier alpha value is -2.02. The van der Waals surface area contributed by atoms with Crippen LogP contribution in [0.3, 0.4) is 0 Å². The van der Waals surface area contributed by atoms with Gasteiger partial charge in [-0.2, -0.15) is 5.26 Å². The van der Waals surface area contributed by atoms with Gasteiger partial charge in [0, 0.05) is 6.42 Å². The van der Waals surface area contributed by atoms with Crippen molar-refractivity contribution in [2.75, 3.05) is 7.11 Å². The van der Waals surface area contributed by atoms with Crippen molar-refractivity contribution in [2.45, 2.75) is 12.5 Å². The molecule has 1 atom stereocenters. The average Bonchev–Trinajstić information content (AvgIpc) is 2.70. The molecule has 1 aliphatic rings. The summed E-state index contributed by atoms with van der Waals surface area (Å²) < 4.78 is 9.97. The molecular weight excluding hydrogens is 194 g/mol. The first-order valence-electron chi connectivity index (χ1n) is 4.52. The van der Waals surface area contributed by atoms with Gasteiger partial charge in [-0.1, -0.05) is 0 Å². The number of methoxy groups -OCH3 is 1. The average molecular weight is 203 g/mol. The molecule has 0 N–H and O–H groups in total. The normalized spacial score (nSPS) is 17.5. The Morgan fingerprint density at radius 2 is 2.47 bits per heavy atom. The molecule has 15 heavy (non-hydrogen) atoms. The first-order valence-corrected chi connectivity index (χ1v) is 4.52. The van der Waals surface area contributed by atoms with Gasteiger partial charge in [0.15, 0.2) is 6.10 Å². The van der Waals surface area contributed by atoms with E-state index in [9.17, 15) is 4.79 Å². The highest BCUT2D eigenvalue weighted by atomic mass is 16.6. The molecule has 1 aromatic rings. The second-order valence-electron chi connectivity index (χ2n) is 3.27. The summed E-state index contributed by atoms with van der Waals surface area (Å²) in [5, 5.41) is 8.71. The Kier molecular flexibility index (Phi) is 2.30. The molecule has 4 nitrogen and oxygen atoms in total. The van der Waals surface area contributed by atoms with Gasteiger partial charge in [0.1, 0.15) is 5.75 Å². The van der Waals surface area contributed by atoms with Crippen molar-refractivity contribution < 1.29 is 14.3 Å². The monoisotopic (exact) mass is 203 g/mol. The Balaban J connectivity index is 2.24. The second-order valence-corrected chi connectivity index (χ2v) is 3.27. The molecule has 0 radical (unpaired) electrons. The molecule has 0 amide bonds. The van der Waals surface area contributed by atoms with E-state index in [0.717, 1.165) is 5.56 Å². The molecular formula is C11H9NO3. The lowest BCUT2D eigenvalue weighted by Crippen LogP contribution is -2.26. The molecule has 0 bridgehead atoms. The number of ether oxygens (including phenoxy) is 2. The van der Waals surface area contributed by atoms with Crippen LogP contribution >= 0.6 is 0 Å². The maximum absolute atomic E-state index is 11.2. The SMILES string of the molecule is COC(=O)[C@@H]1Cc2cc(C#N)ccc2O1. The lowest BCUT2D eigenvalue weighted by Gasteiger charge is -2.06. The van der Waals surface area contributed by atoms with Crippen LogP contribution in [0.15, 0.2) is 18.2 Å². The molecule has 76 valence electrons. The Bertz CT molecular complexity index is 448. The van der Waals surface area contributed by atoms with Crippen LogP contribution in [0.4, 0.5) is 0 Å². The minimum Gasteiger partial charge on any atom is -0.478 e. The van der Waals surface area contributed by atoms with Gasteiger partial charge in [0.25, 0.3) is 0 Å². The number of carbonyl (C=O) groups excluding carboxylic acids is 1. The largest absolute Gasteiger partial charge is 0.478 e. The number of fused-ring (bicyclic) bond motifs is 1. The Labute approximate surface area is 87.0 Å². The highest BCUT2D eigenvalue weighted by Gasteiger charge is 2.29. The zero-order valence-corrected chi connectivity index (χ0v) is 8.19. The van der Waals surface area contributed by atoms with Crippen molar-refractivity contribution in [3.8, 4) is 11.8 Å². The van der Waals surface area contributed by atoms with Crippen LogP contribution in [0.2, 0.25) is 0 Å². The summed E-state index contributed by atoms with van der Waals surface area (Å²) in [5.74, 6) is 0.272. The highest BCUT2D eigenvalue weighted by molar-refractivity contribution is 5.76. The topological polar surface area (TPSA) is 59.3 Å². The van der Waals surface area contributed by atoms with Crippen LogP contribution < -0.4 is 4.74 Å². The predicted molar refractivity (Wildman–Crippen MR) is 51.3 cm³/mol. The van der Waals surface area contributed by atoms with Crippen LogP contribution in [-0.4, -0.2) is 19.2 Å². The van der Waals surface area contributed by atoms with E-state index >= 15 is 0 Å². The van der Waals surface area contributed by atoms with E-state index < -0.39 is 6.10 Å². The lowest BCUT2D eigenvalue weighted by atomic mass is 10.1. The molecule has 1 aromatic carbocycles. The molecule has 0 saturated carbocycles. The third-order valence-corrected chi connectivity index (χ3v) is 2.33. The number of hydrogen-bond donors (Lipinski definition) is 0. The summed E-state index contributed by atoms with van der Waals surface area (Å²) in [7, 11) is 1.33. The number of hydrogen-bond acceptors (Lipinski definition) is 4. The minimum atomic E-state index is -0.570. The van der Waals surface area contributed by atoms with Gasteiger partial charge in [-0.05, 0) is 23.8 Å². The van der Waals surface area contributed by atoms with Gasteiger partial charge in [-0.15, -0.1) is 0 Å². The van der Waals surface area contributed by atoms with Gasteiger partial charge < -0.3 is 9.47 Å². The zero-order valence-electron chi connectivity index (χ0n) is 8.19. The van der Waals surface area contributed by atoms with Crippen LogP contribution in [0, 0.1) is 11.3 Å². The molecule has 0 aliphatic carbocycles.